The fourth-order valence-electron chi connectivity index (χ4n) is 9.07. The second-order valence-corrected chi connectivity index (χ2v) is 17.0. The van der Waals surface area contributed by atoms with Gasteiger partial charge in [-0.3, -0.25) is 4.57 Å². The first-order chi connectivity index (χ1) is 30.6. The molecule has 5 nitrogen and oxygen atoms in total. The van der Waals surface area contributed by atoms with Crippen LogP contribution in [-0.2, 0) is 0 Å². The maximum absolute atomic E-state index is 6.38. The molecule has 0 radical (unpaired) electrons. The molecule has 0 atom stereocenters. The molecule has 0 aliphatic heterocycles. The van der Waals surface area contributed by atoms with E-state index in [2.05, 4.69) is 182 Å². The molecule has 0 bridgehead atoms. The minimum Gasteiger partial charge on any atom is -0.456 e. The monoisotopic (exact) mass is 814 g/mol. The summed E-state index contributed by atoms with van der Waals surface area (Å²) in [5.74, 6) is 1.72. The Morgan fingerprint density at radius 1 is 0.419 bits per heavy atom. The van der Waals surface area contributed by atoms with Crippen molar-refractivity contribution < 1.29 is 4.42 Å². The van der Waals surface area contributed by atoms with E-state index in [0.717, 1.165) is 87.5 Å². The molecule has 13 rings (SSSR count). The van der Waals surface area contributed by atoms with Gasteiger partial charge in [0.1, 0.15) is 11.2 Å². The minimum atomic E-state index is 0.551. The first kappa shape index (κ1) is 36.2. The third-order valence-electron chi connectivity index (χ3n) is 11.8. The zero-order valence-corrected chi connectivity index (χ0v) is 34.9. The van der Waals surface area contributed by atoms with Crippen LogP contribution in [0.5, 0.6) is 0 Å². The van der Waals surface area contributed by atoms with Crippen molar-refractivity contribution in [2.24, 2.45) is 0 Å². The second kappa shape index (κ2) is 14.5. The number of para-hydroxylation sites is 2. The van der Waals surface area contributed by atoms with Gasteiger partial charge in [0.25, 0.3) is 0 Å². The van der Waals surface area contributed by atoms with Gasteiger partial charge in [0.2, 0.25) is 5.95 Å². The number of thiophene rings is 1. The number of benzene rings is 9. The number of rotatable bonds is 4. The number of hydrogen-bond donors (Lipinski definition) is 0. The lowest BCUT2D eigenvalue weighted by molar-refractivity contribution is 0.669. The van der Waals surface area contributed by atoms with Gasteiger partial charge in [0, 0.05) is 63.8 Å². The molecule has 62 heavy (non-hydrogen) atoms. The summed E-state index contributed by atoms with van der Waals surface area (Å²) in [7, 11) is 0. The fourth-order valence-corrected chi connectivity index (χ4v) is 10.2. The first-order valence-corrected chi connectivity index (χ1v) is 22.0. The summed E-state index contributed by atoms with van der Waals surface area (Å²) >= 11 is 1.84. The van der Waals surface area contributed by atoms with E-state index in [1.807, 2.05) is 29.5 Å². The van der Waals surface area contributed by atoms with Crippen LogP contribution in [0, 0.1) is 0 Å². The Kier molecular flexibility index (Phi) is 8.47. The van der Waals surface area contributed by atoms with Crippen molar-refractivity contribution in [3.05, 3.63) is 182 Å². The van der Waals surface area contributed by atoms with Crippen molar-refractivity contribution in [3.63, 3.8) is 0 Å². The van der Waals surface area contributed by atoms with Crippen LogP contribution in [0.4, 0.5) is 0 Å². The number of hydrogen-bond acceptors (Lipinski definition) is 5. The van der Waals surface area contributed by atoms with Crippen molar-refractivity contribution >= 4 is 96.8 Å². The average molecular weight is 815 g/mol. The van der Waals surface area contributed by atoms with Gasteiger partial charge in [-0.25, -0.2) is 4.98 Å². The van der Waals surface area contributed by atoms with Gasteiger partial charge in [-0.1, -0.05) is 166 Å². The van der Waals surface area contributed by atoms with Crippen molar-refractivity contribution in [1.29, 1.82) is 0 Å². The summed E-state index contributed by atoms with van der Waals surface area (Å²) in [6, 6.07) is 64.5. The van der Waals surface area contributed by atoms with Crippen molar-refractivity contribution in [3.8, 4) is 39.9 Å². The molecule has 9 aromatic carbocycles. The lowest BCUT2D eigenvalue weighted by atomic mass is 10.00. The molecule has 0 spiro atoms. The zero-order valence-electron chi connectivity index (χ0n) is 34.1. The smallest absolute Gasteiger partial charge is 0.238 e. The fraction of sp³-hybridized carbons (Fsp3) is 0.0536. The van der Waals surface area contributed by atoms with E-state index in [1.54, 1.807) is 0 Å². The highest BCUT2D eigenvalue weighted by Gasteiger charge is 2.23. The predicted octanol–water partition coefficient (Wildman–Crippen LogP) is 16.0. The van der Waals surface area contributed by atoms with Gasteiger partial charge >= 0.3 is 0 Å². The molecule has 13 aromatic rings. The lowest BCUT2D eigenvalue weighted by Crippen LogP contribution is -2.07. The van der Waals surface area contributed by atoms with E-state index in [0.29, 0.717) is 17.6 Å². The average Bonchev–Trinajstić information content (AvgIpc) is 4.01. The van der Waals surface area contributed by atoms with Crippen LogP contribution in [0.15, 0.2) is 186 Å². The van der Waals surface area contributed by atoms with Crippen LogP contribution in [0.25, 0.3) is 125 Å². The van der Waals surface area contributed by atoms with E-state index in [1.165, 1.54) is 26.6 Å². The topological polar surface area (TPSA) is 56.7 Å². The van der Waals surface area contributed by atoms with E-state index >= 15 is 0 Å². The SMILES string of the molecule is CCC.c1ccc2cc(-c3nc(-c4ccc5c(c4)oc4ccccc45)nc(-n4c5c(-c6ccc7c(c6)sc6ccccc67)cccc5c5ccc6ccccc6c54)n3)ccc2c1. The maximum Gasteiger partial charge on any atom is 0.238 e. The minimum absolute atomic E-state index is 0.551. The Bertz CT molecular complexity index is 3890. The van der Waals surface area contributed by atoms with Crippen molar-refractivity contribution in [2.45, 2.75) is 20.3 Å². The predicted molar refractivity (Wildman–Crippen MR) is 262 cm³/mol. The van der Waals surface area contributed by atoms with Crippen LogP contribution < -0.4 is 0 Å². The molecule has 0 amide bonds. The summed E-state index contributed by atoms with van der Waals surface area (Å²) in [6.07, 6.45) is 1.25. The van der Waals surface area contributed by atoms with E-state index in [4.69, 9.17) is 19.4 Å². The van der Waals surface area contributed by atoms with Crippen LogP contribution in [0.1, 0.15) is 20.3 Å². The lowest BCUT2D eigenvalue weighted by Gasteiger charge is -2.14. The van der Waals surface area contributed by atoms with Gasteiger partial charge in [-0.15, -0.1) is 11.3 Å². The molecule has 0 fully saturated rings. The largest absolute Gasteiger partial charge is 0.456 e. The summed E-state index contributed by atoms with van der Waals surface area (Å²) in [6.45, 7) is 4.25. The molecule has 294 valence electrons. The Balaban J connectivity index is 0.00000133. The Hall–Kier alpha value is -7.67. The molecule has 4 heterocycles. The summed E-state index contributed by atoms with van der Waals surface area (Å²) in [5, 5.41) is 11.5. The third-order valence-corrected chi connectivity index (χ3v) is 13.0. The highest BCUT2D eigenvalue weighted by atomic mass is 32.1. The van der Waals surface area contributed by atoms with Crippen molar-refractivity contribution in [1.82, 2.24) is 19.5 Å². The molecule has 0 saturated heterocycles. The molecule has 0 aliphatic carbocycles. The normalized spacial score (nSPS) is 11.8. The molecule has 4 aromatic heterocycles. The second-order valence-electron chi connectivity index (χ2n) is 15.9. The van der Waals surface area contributed by atoms with Crippen LogP contribution in [-0.4, -0.2) is 19.5 Å². The summed E-state index contributed by atoms with van der Waals surface area (Å²) in [4.78, 5) is 16.1. The van der Waals surface area contributed by atoms with Gasteiger partial charge in [0.15, 0.2) is 11.6 Å². The van der Waals surface area contributed by atoms with Crippen LogP contribution in [0.3, 0.4) is 0 Å². The van der Waals surface area contributed by atoms with Gasteiger partial charge in [0.05, 0.1) is 11.0 Å². The quantitative estimate of drug-likeness (QED) is 0.178. The standard InChI is InChI=1S/C53H30N4OS.C3H8/c1-2-12-33-28-35(21-20-31(33)10-1)51-54-52(36-24-25-40-39-14-5-7-18-45(39)58-46(40)29-36)56-53(55-51)57-49-37-13-4-3-11-32(37)22-27-44(49)43-17-9-16-38(50(43)57)34-23-26-42-41-15-6-8-19-47(41)59-48(42)30-34;1-3-2/h1-30H;3H2,1-2H3. The van der Waals surface area contributed by atoms with Gasteiger partial charge < -0.3 is 4.42 Å². The third kappa shape index (κ3) is 5.79. The summed E-state index contributed by atoms with van der Waals surface area (Å²) < 4.78 is 11.2. The Morgan fingerprint density at radius 3 is 1.85 bits per heavy atom. The summed E-state index contributed by atoms with van der Waals surface area (Å²) in [5.41, 5.74) is 7.77. The van der Waals surface area contributed by atoms with E-state index < -0.39 is 0 Å². The molecule has 0 aliphatic rings. The highest BCUT2D eigenvalue weighted by molar-refractivity contribution is 7.25. The maximum atomic E-state index is 6.38. The highest BCUT2D eigenvalue weighted by Crippen LogP contribution is 2.43. The van der Waals surface area contributed by atoms with Gasteiger partial charge in [-0.2, -0.15) is 9.97 Å². The molecular weight excluding hydrogens is 777 g/mol. The molecule has 0 N–H and O–H groups in total. The number of nitrogens with zero attached hydrogens (tertiary/aromatic N) is 4. The van der Waals surface area contributed by atoms with Crippen LogP contribution in [0.2, 0.25) is 0 Å². The van der Waals surface area contributed by atoms with E-state index in [9.17, 15) is 0 Å². The Labute approximate surface area is 361 Å². The zero-order chi connectivity index (χ0) is 41.3. The molecular formula is C56H38N4OS. The van der Waals surface area contributed by atoms with Crippen LogP contribution >= 0.6 is 11.3 Å². The van der Waals surface area contributed by atoms with Gasteiger partial charge in [-0.05, 0) is 58.1 Å². The van der Waals surface area contributed by atoms with E-state index in [-0.39, 0.29) is 0 Å². The molecule has 0 unspecified atom stereocenters. The molecule has 6 heteroatoms. The molecule has 0 saturated carbocycles. The number of aromatic nitrogens is 4. The Morgan fingerprint density at radius 2 is 1.00 bits per heavy atom. The number of fused-ring (bicyclic) bond motifs is 12. The first-order valence-electron chi connectivity index (χ1n) is 21.2. The number of furan rings is 1. The van der Waals surface area contributed by atoms with Crippen molar-refractivity contribution in [2.75, 3.05) is 0 Å².